The van der Waals surface area contributed by atoms with Crippen LogP contribution in [0.5, 0.6) is 0 Å². The molecule has 6 heavy (non-hydrogen) atoms. The van der Waals surface area contributed by atoms with Gasteiger partial charge in [0, 0.05) is 7.05 Å². The van der Waals surface area contributed by atoms with Crippen LogP contribution in [0.3, 0.4) is 0 Å². The van der Waals surface area contributed by atoms with Crippen molar-refractivity contribution >= 4 is 0 Å². The van der Waals surface area contributed by atoms with E-state index in [0.29, 0.717) is 0 Å². The molecule has 0 bridgehead atoms. The summed E-state index contributed by atoms with van der Waals surface area (Å²) in [5.74, 6) is 4.35. The second kappa shape index (κ2) is 21.1. The Balaban J connectivity index is 0. The third-order valence-corrected chi connectivity index (χ3v) is 0. The predicted molar refractivity (Wildman–Crippen MR) is 22.0 cm³/mol. The van der Waals surface area contributed by atoms with E-state index in [1.807, 2.05) is 0 Å². The van der Waals surface area contributed by atoms with Gasteiger partial charge in [-0.25, -0.2) is 11.4 Å². The lowest BCUT2D eigenvalue weighted by Gasteiger charge is -1.62. The van der Waals surface area contributed by atoms with Gasteiger partial charge in [0.2, 0.25) is 0 Å². The van der Waals surface area contributed by atoms with Gasteiger partial charge in [-0.3, -0.25) is 0 Å². The van der Waals surface area contributed by atoms with E-state index >= 15 is 0 Å². The first-order valence-corrected chi connectivity index (χ1v) is 1.37. The van der Waals surface area contributed by atoms with E-state index < -0.39 is 0 Å². The average Bonchev–Trinajstić information content (AvgIpc) is 1.39. The van der Waals surface area contributed by atoms with E-state index in [2.05, 4.69) is 10.7 Å². The highest BCUT2D eigenvalue weighted by atomic mass is 16.6. The molecule has 0 radical (unpaired) electrons. The molecule has 0 aromatic heterocycles. The summed E-state index contributed by atoms with van der Waals surface area (Å²) in [6.45, 7) is 0. The van der Waals surface area contributed by atoms with Crippen molar-refractivity contribution in [2.45, 2.75) is 0 Å². The Kier molecular flexibility index (Phi) is 32.6. The molecule has 0 rings (SSSR count). The van der Waals surface area contributed by atoms with E-state index in [4.69, 9.17) is 5.21 Å². The lowest BCUT2D eigenvalue weighted by molar-refractivity contribution is 0.194. The maximum Gasteiger partial charge on any atom is 0.0569 e. The van der Waals surface area contributed by atoms with Gasteiger partial charge in [0.15, 0.2) is 0 Å². The number of hydroxylamine groups is 1. The van der Waals surface area contributed by atoms with Gasteiger partial charge in [0.25, 0.3) is 0 Å². The lowest BCUT2D eigenvalue weighted by Crippen LogP contribution is -1.91. The van der Waals surface area contributed by atoms with Crippen molar-refractivity contribution in [1.82, 2.24) is 5.48 Å². The van der Waals surface area contributed by atoms with E-state index in [0.717, 1.165) is 0 Å². The predicted octanol–water partition coefficient (Wildman–Crippen LogP) is -0.898. The molecule has 0 aliphatic rings. The standard InChI is InChI=1S/2CH5NO/c1-3-2;1-2-3/h2H2,1H3;2-3H,1H3. The molecule has 4 N–H and O–H groups in total. The fourth-order valence-electron chi connectivity index (χ4n) is 0. The van der Waals surface area contributed by atoms with Crippen LogP contribution >= 0.6 is 0 Å². The summed E-state index contributed by atoms with van der Waals surface area (Å²) in [4.78, 5) is 3.75. The van der Waals surface area contributed by atoms with Crippen LogP contribution in [0.2, 0.25) is 0 Å². The summed E-state index contributed by atoms with van der Waals surface area (Å²) >= 11 is 0. The largest absolute Gasteiger partial charge is 0.317 e. The molecular formula is C2H10N2O2. The molecule has 4 heteroatoms. The monoisotopic (exact) mass is 94.1 g/mol. The topological polar surface area (TPSA) is 67.5 Å². The molecule has 4 nitrogen and oxygen atoms in total. The van der Waals surface area contributed by atoms with Crippen LogP contribution in [0.4, 0.5) is 0 Å². The fourth-order valence-corrected chi connectivity index (χ4v) is 0. The van der Waals surface area contributed by atoms with Crippen molar-refractivity contribution in [3.05, 3.63) is 0 Å². The zero-order valence-electron chi connectivity index (χ0n) is 3.93. The molecule has 40 valence electrons. The molecule has 0 saturated carbocycles. The second-order valence-corrected chi connectivity index (χ2v) is 0.459. The molecule has 0 aromatic carbocycles. The first-order chi connectivity index (χ1) is 2.83. The number of nitrogens with two attached hydrogens (primary N) is 1. The van der Waals surface area contributed by atoms with Crippen LogP contribution in [0.25, 0.3) is 0 Å². The summed E-state index contributed by atoms with van der Waals surface area (Å²) < 4.78 is 0. The minimum atomic E-state index is 1.40. The molecule has 0 aliphatic carbocycles. The highest BCUT2D eigenvalue weighted by molar-refractivity contribution is 3.65. The number of nitrogens with one attached hydrogen (secondary N) is 1. The summed E-state index contributed by atoms with van der Waals surface area (Å²) in [5.41, 5.74) is 1.75. The molecule has 0 fully saturated rings. The van der Waals surface area contributed by atoms with Crippen LogP contribution in [-0.2, 0) is 4.84 Å². The summed E-state index contributed by atoms with van der Waals surface area (Å²) in [5, 5.41) is 7.32. The van der Waals surface area contributed by atoms with Gasteiger partial charge < -0.3 is 10.0 Å². The smallest absolute Gasteiger partial charge is 0.0569 e. The highest BCUT2D eigenvalue weighted by Gasteiger charge is 1.24. The van der Waals surface area contributed by atoms with Crippen molar-refractivity contribution in [3.8, 4) is 0 Å². The Morgan fingerprint density at radius 2 is 1.83 bits per heavy atom. The Morgan fingerprint density at radius 3 is 1.83 bits per heavy atom. The van der Waals surface area contributed by atoms with E-state index in [-0.39, 0.29) is 0 Å². The maximum atomic E-state index is 7.32. The molecule has 0 amide bonds. The Labute approximate surface area is 36.8 Å². The van der Waals surface area contributed by atoms with Crippen molar-refractivity contribution in [2.24, 2.45) is 5.90 Å². The number of hydrogen-bond donors (Lipinski definition) is 3. The molecule has 0 saturated heterocycles. The van der Waals surface area contributed by atoms with E-state index in [1.54, 1.807) is 5.48 Å². The lowest BCUT2D eigenvalue weighted by atomic mass is 11.6. The molecule has 0 aromatic rings. The van der Waals surface area contributed by atoms with Crippen LogP contribution in [0.15, 0.2) is 0 Å². The zero-order valence-corrected chi connectivity index (χ0v) is 3.93. The number of hydrogen-bond acceptors (Lipinski definition) is 4. The summed E-state index contributed by atoms with van der Waals surface area (Å²) in [7, 11) is 2.83. The first kappa shape index (κ1) is 9.28. The molecule has 0 atom stereocenters. The van der Waals surface area contributed by atoms with Crippen LogP contribution in [0, 0.1) is 0 Å². The van der Waals surface area contributed by atoms with Crippen molar-refractivity contribution < 1.29 is 10.0 Å². The van der Waals surface area contributed by atoms with Gasteiger partial charge in [0.1, 0.15) is 0 Å². The molecular weight excluding hydrogens is 84.0 g/mol. The van der Waals surface area contributed by atoms with Gasteiger partial charge in [0.05, 0.1) is 7.11 Å². The Morgan fingerprint density at radius 1 is 1.83 bits per heavy atom. The quantitative estimate of drug-likeness (QED) is 0.340. The SMILES string of the molecule is CNO.CON. The number of rotatable bonds is 0. The molecule has 0 spiro atoms. The minimum Gasteiger partial charge on any atom is -0.317 e. The van der Waals surface area contributed by atoms with Crippen LogP contribution < -0.4 is 11.4 Å². The summed E-state index contributed by atoms with van der Waals surface area (Å²) in [6, 6.07) is 0. The third-order valence-electron chi connectivity index (χ3n) is 0. The maximum absolute atomic E-state index is 7.32. The van der Waals surface area contributed by atoms with E-state index in [1.165, 1.54) is 14.2 Å². The van der Waals surface area contributed by atoms with Crippen LogP contribution in [-0.4, -0.2) is 19.4 Å². The van der Waals surface area contributed by atoms with Crippen LogP contribution in [0.1, 0.15) is 0 Å². The normalized spacial score (nSPS) is 6.00. The minimum absolute atomic E-state index is 1.40. The average molecular weight is 94.1 g/mol. The Bertz CT molecular complexity index is 11.5. The first-order valence-electron chi connectivity index (χ1n) is 1.37. The zero-order chi connectivity index (χ0) is 5.41. The van der Waals surface area contributed by atoms with Gasteiger partial charge in [-0.15, -0.1) is 0 Å². The molecule has 0 unspecified atom stereocenters. The highest BCUT2D eigenvalue weighted by Crippen LogP contribution is 1.14. The fraction of sp³-hybridized carbons (Fsp3) is 1.00. The molecule has 0 aliphatic heterocycles. The van der Waals surface area contributed by atoms with Gasteiger partial charge >= 0.3 is 0 Å². The third kappa shape index (κ3) is 1210. The van der Waals surface area contributed by atoms with E-state index in [9.17, 15) is 0 Å². The van der Waals surface area contributed by atoms with Gasteiger partial charge in [-0.05, 0) is 0 Å². The van der Waals surface area contributed by atoms with Gasteiger partial charge in [-0.2, -0.15) is 0 Å². The summed E-state index contributed by atoms with van der Waals surface area (Å²) in [6.07, 6.45) is 0. The van der Waals surface area contributed by atoms with Gasteiger partial charge in [-0.1, -0.05) is 0 Å². The molecule has 0 heterocycles. The Hall–Kier alpha value is -0.160. The second-order valence-electron chi connectivity index (χ2n) is 0.459. The van der Waals surface area contributed by atoms with Crippen molar-refractivity contribution in [2.75, 3.05) is 14.2 Å². The van der Waals surface area contributed by atoms with Crippen molar-refractivity contribution in [3.63, 3.8) is 0 Å². The van der Waals surface area contributed by atoms with Crippen molar-refractivity contribution in [1.29, 1.82) is 0 Å².